The first-order valence-corrected chi connectivity index (χ1v) is 6.78. The van der Waals surface area contributed by atoms with Crippen molar-refractivity contribution in [2.45, 2.75) is 19.9 Å². The summed E-state index contributed by atoms with van der Waals surface area (Å²) in [4.78, 5) is 17.7. The average Bonchev–Trinajstić information content (AvgIpc) is 2.72. The molecule has 1 aromatic heterocycles. The molecule has 0 aliphatic carbocycles. The Hall–Kier alpha value is -1.18. The number of aromatic nitrogens is 1. The van der Waals surface area contributed by atoms with Crippen molar-refractivity contribution >= 4 is 22.4 Å². The highest BCUT2D eigenvalue weighted by Crippen LogP contribution is 2.27. The Morgan fingerprint density at radius 2 is 2.16 bits per heavy atom. The first-order valence-electron chi connectivity index (χ1n) is 5.96. The van der Waals surface area contributed by atoms with Crippen LogP contribution in [0.2, 0.25) is 0 Å². The molecule has 6 nitrogen and oxygen atoms in total. The zero-order valence-electron chi connectivity index (χ0n) is 11.7. The third-order valence-corrected chi connectivity index (χ3v) is 3.88. The SMILES string of the molecule is COCCN(c1nc(C)c(C(=O)O)s1)C(C)COC. The van der Waals surface area contributed by atoms with Gasteiger partial charge < -0.3 is 19.5 Å². The van der Waals surface area contributed by atoms with Gasteiger partial charge >= 0.3 is 5.97 Å². The maximum absolute atomic E-state index is 11.1. The van der Waals surface area contributed by atoms with Crippen molar-refractivity contribution in [2.24, 2.45) is 0 Å². The highest BCUT2D eigenvalue weighted by Gasteiger charge is 2.21. The van der Waals surface area contributed by atoms with Crippen LogP contribution in [0.1, 0.15) is 22.3 Å². The Morgan fingerprint density at radius 1 is 1.47 bits per heavy atom. The van der Waals surface area contributed by atoms with Gasteiger partial charge in [-0.3, -0.25) is 0 Å². The van der Waals surface area contributed by atoms with E-state index in [2.05, 4.69) is 4.98 Å². The van der Waals surface area contributed by atoms with E-state index in [1.54, 1.807) is 21.1 Å². The van der Waals surface area contributed by atoms with Crippen molar-refractivity contribution in [2.75, 3.05) is 38.9 Å². The number of nitrogens with zero attached hydrogens (tertiary/aromatic N) is 2. The summed E-state index contributed by atoms with van der Waals surface area (Å²) in [6.45, 7) is 5.46. The van der Waals surface area contributed by atoms with Gasteiger partial charge in [0.1, 0.15) is 4.88 Å². The molecule has 0 aliphatic heterocycles. The molecule has 19 heavy (non-hydrogen) atoms. The van der Waals surface area contributed by atoms with Crippen LogP contribution < -0.4 is 4.90 Å². The van der Waals surface area contributed by atoms with Crippen LogP contribution in [0.15, 0.2) is 0 Å². The van der Waals surface area contributed by atoms with Gasteiger partial charge in [0.15, 0.2) is 5.13 Å². The monoisotopic (exact) mass is 288 g/mol. The van der Waals surface area contributed by atoms with Crippen molar-refractivity contribution in [3.8, 4) is 0 Å². The van der Waals surface area contributed by atoms with Crippen LogP contribution in [0.5, 0.6) is 0 Å². The van der Waals surface area contributed by atoms with Gasteiger partial charge in [0.05, 0.1) is 24.9 Å². The lowest BCUT2D eigenvalue weighted by atomic mass is 10.3. The molecule has 7 heteroatoms. The van der Waals surface area contributed by atoms with Crippen LogP contribution in [0.3, 0.4) is 0 Å². The fourth-order valence-electron chi connectivity index (χ4n) is 1.73. The number of anilines is 1. The van der Waals surface area contributed by atoms with Crippen LogP contribution in [0.25, 0.3) is 0 Å². The van der Waals surface area contributed by atoms with Crippen molar-refractivity contribution in [1.29, 1.82) is 0 Å². The predicted molar refractivity (Wildman–Crippen MR) is 74.4 cm³/mol. The molecule has 108 valence electrons. The topological polar surface area (TPSA) is 71.9 Å². The Morgan fingerprint density at radius 3 is 2.63 bits per heavy atom. The van der Waals surface area contributed by atoms with Crippen LogP contribution in [-0.4, -0.2) is 56.1 Å². The molecule has 1 aromatic rings. The van der Waals surface area contributed by atoms with E-state index < -0.39 is 5.97 Å². The Bertz CT molecular complexity index is 422. The van der Waals surface area contributed by atoms with E-state index in [-0.39, 0.29) is 10.9 Å². The normalized spacial score (nSPS) is 12.4. The standard InChI is InChI=1S/C12H20N2O4S/c1-8(7-18-4)14(5-6-17-3)12-13-9(2)10(19-12)11(15)16/h8H,5-7H2,1-4H3,(H,15,16). The van der Waals surface area contributed by atoms with Gasteiger partial charge in [0, 0.05) is 20.8 Å². The highest BCUT2D eigenvalue weighted by atomic mass is 32.1. The van der Waals surface area contributed by atoms with Gasteiger partial charge in [-0.25, -0.2) is 9.78 Å². The van der Waals surface area contributed by atoms with Crippen LogP contribution in [-0.2, 0) is 9.47 Å². The second-order valence-corrected chi connectivity index (χ2v) is 5.18. The van der Waals surface area contributed by atoms with Crippen molar-refractivity contribution in [3.05, 3.63) is 10.6 Å². The largest absolute Gasteiger partial charge is 0.477 e. The number of carboxylic acid groups (broad SMARTS) is 1. The molecular formula is C12H20N2O4S. The fraction of sp³-hybridized carbons (Fsp3) is 0.667. The van der Waals surface area contributed by atoms with Crippen LogP contribution in [0, 0.1) is 6.92 Å². The summed E-state index contributed by atoms with van der Waals surface area (Å²) in [5.74, 6) is -0.938. The molecule has 1 heterocycles. The molecule has 0 aliphatic rings. The van der Waals surface area contributed by atoms with Crippen molar-refractivity contribution in [3.63, 3.8) is 0 Å². The minimum atomic E-state index is -0.938. The Kier molecular flexibility index (Phi) is 6.20. The van der Waals surface area contributed by atoms with E-state index >= 15 is 0 Å². The van der Waals surface area contributed by atoms with Crippen molar-refractivity contribution < 1.29 is 19.4 Å². The summed E-state index contributed by atoms with van der Waals surface area (Å²) in [6, 6.07) is 0.104. The summed E-state index contributed by atoms with van der Waals surface area (Å²) in [6.07, 6.45) is 0. The number of rotatable bonds is 8. The third kappa shape index (κ3) is 4.15. The van der Waals surface area contributed by atoms with E-state index in [1.165, 1.54) is 11.3 Å². The van der Waals surface area contributed by atoms with Gasteiger partial charge in [-0.15, -0.1) is 0 Å². The first-order chi connectivity index (χ1) is 9.01. The highest BCUT2D eigenvalue weighted by molar-refractivity contribution is 7.17. The van der Waals surface area contributed by atoms with E-state index in [0.717, 1.165) is 0 Å². The molecule has 0 saturated carbocycles. The van der Waals surface area contributed by atoms with Gasteiger partial charge in [-0.2, -0.15) is 0 Å². The van der Waals surface area contributed by atoms with Crippen LogP contribution in [0.4, 0.5) is 5.13 Å². The zero-order chi connectivity index (χ0) is 14.4. The Labute approximate surface area is 117 Å². The summed E-state index contributed by atoms with van der Waals surface area (Å²) < 4.78 is 10.2. The maximum Gasteiger partial charge on any atom is 0.347 e. The van der Waals surface area contributed by atoms with Gasteiger partial charge in [0.2, 0.25) is 0 Å². The minimum Gasteiger partial charge on any atom is -0.477 e. The fourth-order valence-corrected chi connectivity index (χ4v) is 2.76. The molecule has 0 saturated heterocycles. The van der Waals surface area contributed by atoms with Gasteiger partial charge in [-0.05, 0) is 13.8 Å². The van der Waals surface area contributed by atoms with Crippen molar-refractivity contribution in [1.82, 2.24) is 4.98 Å². The number of thiazole rings is 1. The number of hydrogen-bond acceptors (Lipinski definition) is 6. The smallest absolute Gasteiger partial charge is 0.347 e. The number of methoxy groups -OCH3 is 2. The molecule has 0 amide bonds. The van der Waals surface area contributed by atoms with E-state index in [4.69, 9.17) is 14.6 Å². The first kappa shape index (κ1) is 15.9. The summed E-state index contributed by atoms with van der Waals surface area (Å²) in [7, 11) is 3.27. The number of carbonyl (C=O) groups is 1. The zero-order valence-corrected chi connectivity index (χ0v) is 12.5. The molecule has 0 aromatic carbocycles. The number of carboxylic acids is 1. The molecule has 1 rings (SSSR count). The van der Waals surface area contributed by atoms with Gasteiger partial charge in [-0.1, -0.05) is 11.3 Å². The molecule has 0 spiro atoms. The number of aryl methyl sites for hydroxylation is 1. The molecule has 0 fully saturated rings. The van der Waals surface area contributed by atoms with E-state index in [1.807, 2.05) is 11.8 Å². The molecule has 1 atom stereocenters. The third-order valence-electron chi connectivity index (χ3n) is 2.70. The molecule has 1 unspecified atom stereocenters. The molecular weight excluding hydrogens is 268 g/mol. The summed E-state index contributed by atoms with van der Waals surface area (Å²) in [5.41, 5.74) is 0.541. The molecule has 0 radical (unpaired) electrons. The average molecular weight is 288 g/mol. The number of ether oxygens (including phenoxy) is 2. The van der Waals surface area contributed by atoms with E-state index in [0.29, 0.717) is 30.6 Å². The van der Waals surface area contributed by atoms with Gasteiger partial charge in [0.25, 0.3) is 0 Å². The second-order valence-electron chi connectivity index (χ2n) is 4.21. The lowest BCUT2D eigenvalue weighted by Crippen LogP contribution is -2.38. The summed E-state index contributed by atoms with van der Waals surface area (Å²) in [5, 5.41) is 9.77. The van der Waals surface area contributed by atoms with Crippen LogP contribution >= 0.6 is 11.3 Å². The Balaban J connectivity index is 2.96. The second kappa shape index (κ2) is 7.42. The maximum atomic E-state index is 11.1. The minimum absolute atomic E-state index is 0.104. The molecule has 1 N–H and O–H groups in total. The predicted octanol–water partition coefficient (Wildman–Crippen LogP) is 1.64. The number of aromatic carboxylic acids is 1. The van der Waals surface area contributed by atoms with E-state index in [9.17, 15) is 4.79 Å². The lowest BCUT2D eigenvalue weighted by molar-refractivity contribution is 0.0701. The number of hydrogen-bond donors (Lipinski definition) is 1. The quantitative estimate of drug-likeness (QED) is 0.784. The summed E-state index contributed by atoms with van der Waals surface area (Å²) >= 11 is 1.18. The lowest BCUT2D eigenvalue weighted by Gasteiger charge is -2.28. The molecule has 0 bridgehead atoms.